The summed E-state index contributed by atoms with van der Waals surface area (Å²) in [7, 11) is 1.60. The molecule has 2 atom stereocenters. The molecule has 142 valence electrons. The molecule has 1 aromatic carbocycles. The Kier molecular flexibility index (Phi) is 4.59. The lowest BCUT2D eigenvalue weighted by Gasteiger charge is -2.23. The molecule has 0 spiro atoms. The number of fused-ring (bicyclic) bond motifs is 1. The van der Waals surface area contributed by atoms with Crippen molar-refractivity contribution in [2.45, 2.75) is 38.6 Å². The average molecular weight is 368 g/mol. The number of nitrogens with one attached hydrogen (secondary N) is 2. The predicted octanol–water partition coefficient (Wildman–Crippen LogP) is 1.75. The van der Waals surface area contributed by atoms with Gasteiger partial charge in [-0.05, 0) is 31.9 Å². The van der Waals surface area contributed by atoms with Crippen LogP contribution in [-0.4, -0.2) is 41.5 Å². The summed E-state index contributed by atoms with van der Waals surface area (Å²) in [5.74, 6) is 1.58. The first kappa shape index (κ1) is 17.6. The Morgan fingerprint density at radius 1 is 1.37 bits per heavy atom. The Labute approximate surface area is 158 Å². The number of benzene rings is 1. The number of hydrogen-bond donors (Lipinski definition) is 2. The summed E-state index contributed by atoms with van der Waals surface area (Å²) >= 11 is 0. The van der Waals surface area contributed by atoms with Crippen molar-refractivity contribution < 1.29 is 14.3 Å². The van der Waals surface area contributed by atoms with Gasteiger partial charge in [0.2, 0.25) is 11.8 Å². The molecule has 0 saturated carbocycles. The number of aryl methyl sites for hydroxylation is 2. The quantitative estimate of drug-likeness (QED) is 0.861. The second kappa shape index (κ2) is 7.06. The number of anilines is 1. The van der Waals surface area contributed by atoms with E-state index in [9.17, 15) is 9.59 Å². The maximum absolute atomic E-state index is 12.7. The van der Waals surface area contributed by atoms with Crippen molar-refractivity contribution in [2.24, 2.45) is 5.92 Å². The van der Waals surface area contributed by atoms with Crippen molar-refractivity contribution in [2.75, 3.05) is 18.6 Å². The van der Waals surface area contributed by atoms with Crippen LogP contribution in [0.1, 0.15) is 30.1 Å². The monoisotopic (exact) mass is 368 g/mol. The van der Waals surface area contributed by atoms with Gasteiger partial charge in [-0.15, -0.1) is 0 Å². The number of ether oxygens (including phenoxy) is 1. The minimum atomic E-state index is -0.166. The van der Waals surface area contributed by atoms with Gasteiger partial charge in [-0.2, -0.15) is 0 Å². The maximum atomic E-state index is 12.7. The zero-order valence-electron chi connectivity index (χ0n) is 15.6. The number of aromatic amines is 1. The van der Waals surface area contributed by atoms with Crippen molar-refractivity contribution in [3.8, 4) is 5.75 Å². The summed E-state index contributed by atoms with van der Waals surface area (Å²) in [5.41, 5.74) is 2.95. The topological polar surface area (TPSA) is 87.3 Å². The Hall–Kier alpha value is -2.83. The second-order valence-electron chi connectivity index (χ2n) is 7.30. The first-order valence-electron chi connectivity index (χ1n) is 9.32. The Balaban J connectivity index is 1.39. The van der Waals surface area contributed by atoms with E-state index in [4.69, 9.17) is 4.74 Å². The largest absolute Gasteiger partial charge is 0.497 e. The average Bonchev–Trinajstić information content (AvgIpc) is 3.22. The van der Waals surface area contributed by atoms with Gasteiger partial charge in [0, 0.05) is 42.8 Å². The Morgan fingerprint density at radius 3 is 3.04 bits per heavy atom. The van der Waals surface area contributed by atoms with Gasteiger partial charge in [-0.1, -0.05) is 6.07 Å². The Morgan fingerprint density at radius 2 is 2.22 bits per heavy atom. The molecule has 7 nitrogen and oxygen atoms in total. The lowest BCUT2D eigenvalue weighted by molar-refractivity contribution is -0.126. The van der Waals surface area contributed by atoms with Crippen LogP contribution in [0, 0.1) is 12.8 Å². The van der Waals surface area contributed by atoms with Crippen LogP contribution in [0.3, 0.4) is 0 Å². The highest BCUT2D eigenvalue weighted by molar-refractivity contribution is 5.97. The summed E-state index contributed by atoms with van der Waals surface area (Å²) in [5, 5.41) is 3.08. The second-order valence-corrected chi connectivity index (χ2v) is 7.30. The molecule has 1 saturated heterocycles. The number of rotatable bonds is 4. The molecule has 1 aromatic heterocycles. The summed E-state index contributed by atoms with van der Waals surface area (Å²) in [4.78, 5) is 34.6. The number of imidazole rings is 1. The minimum Gasteiger partial charge on any atom is -0.497 e. The smallest absolute Gasteiger partial charge is 0.229 e. The van der Waals surface area contributed by atoms with Crippen molar-refractivity contribution in [3.05, 3.63) is 41.5 Å². The third-order valence-electron chi connectivity index (χ3n) is 5.37. The van der Waals surface area contributed by atoms with Gasteiger partial charge in [-0.3, -0.25) is 9.59 Å². The van der Waals surface area contributed by atoms with Crippen molar-refractivity contribution in [1.29, 1.82) is 0 Å². The SMILES string of the molecule is COc1cccc(N2C[C@@H](NC(=O)[C@H]3CCc4nc(C)[nH]c4C3)CC2=O)c1. The molecule has 1 aliphatic carbocycles. The molecule has 0 radical (unpaired) electrons. The lowest BCUT2D eigenvalue weighted by atomic mass is 9.89. The van der Waals surface area contributed by atoms with E-state index in [0.29, 0.717) is 25.1 Å². The highest BCUT2D eigenvalue weighted by Gasteiger charge is 2.34. The van der Waals surface area contributed by atoms with Crippen LogP contribution in [0.2, 0.25) is 0 Å². The zero-order chi connectivity index (χ0) is 19.0. The van der Waals surface area contributed by atoms with Crippen LogP contribution in [-0.2, 0) is 22.4 Å². The molecule has 2 aromatic rings. The van der Waals surface area contributed by atoms with E-state index in [-0.39, 0.29) is 23.8 Å². The van der Waals surface area contributed by atoms with Crippen LogP contribution < -0.4 is 15.0 Å². The van der Waals surface area contributed by atoms with Gasteiger partial charge in [-0.25, -0.2) is 4.98 Å². The number of H-pyrrole nitrogens is 1. The number of methoxy groups -OCH3 is 1. The fourth-order valence-electron chi connectivity index (χ4n) is 4.00. The molecule has 1 fully saturated rings. The molecule has 0 unspecified atom stereocenters. The number of hydrogen-bond acceptors (Lipinski definition) is 4. The van der Waals surface area contributed by atoms with E-state index in [1.54, 1.807) is 12.0 Å². The fraction of sp³-hybridized carbons (Fsp3) is 0.450. The molecule has 1 aliphatic heterocycles. The van der Waals surface area contributed by atoms with Gasteiger partial charge in [0.15, 0.2) is 0 Å². The summed E-state index contributed by atoms with van der Waals surface area (Å²) in [6.45, 7) is 2.42. The van der Waals surface area contributed by atoms with Crippen LogP contribution in [0.15, 0.2) is 24.3 Å². The normalized spacial score (nSPS) is 21.9. The van der Waals surface area contributed by atoms with Gasteiger partial charge < -0.3 is 19.9 Å². The maximum Gasteiger partial charge on any atom is 0.229 e. The predicted molar refractivity (Wildman–Crippen MR) is 101 cm³/mol. The van der Waals surface area contributed by atoms with Crippen LogP contribution in [0.5, 0.6) is 5.75 Å². The molecule has 4 rings (SSSR count). The van der Waals surface area contributed by atoms with Crippen LogP contribution in [0.25, 0.3) is 0 Å². The van der Waals surface area contributed by atoms with E-state index < -0.39 is 0 Å². The third kappa shape index (κ3) is 3.54. The molecule has 2 aliphatic rings. The summed E-state index contributed by atoms with van der Waals surface area (Å²) in [6.07, 6.45) is 2.62. The molecule has 27 heavy (non-hydrogen) atoms. The molecule has 2 amide bonds. The van der Waals surface area contributed by atoms with E-state index in [2.05, 4.69) is 15.3 Å². The van der Waals surface area contributed by atoms with Gasteiger partial charge >= 0.3 is 0 Å². The standard InChI is InChI=1S/C20H24N4O3/c1-12-21-17-7-6-13(8-18(17)22-12)20(26)23-14-9-19(25)24(11-14)15-4-3-5-16(10-15)27-2/h3-5,10,13-14H,6-9,11H2,1-2H3,(H,21,22)(H,23,26)/t13-,14-/m0/s1. The van der Waals surface area contributed by atoms with Gasteiger partial charge in [0.25, 0.3) is 0 Å². The van der Waals surface area contributed by atoms with Crippen LogP contribution >= 0.6 is 0 Å². The first-order chi connectivity index (χ1) is 13.0. The Bertz CT molecular complexity index is 876. The highest BCUT2D eigenvalue weighted by atomic mass is 16.5. The lowest BCUT2D eigenvalue weighted by Crippen LogP contribution is -2.42. The van der Waals surface area contributed by atoms with E-state index in [1.165, 1.54) is 0 Å². The van der Waals surface area contributed by atoms with Crippen molar-refractivity contribution in [1.82, 2.24) is 15.3 Å². The van der Waals surface area contributed by atoms with Gasteiger partial charge in [0.1, 0.15) is 11.6 Å². The molecular weight excluding hydrogens is 344 g/mol. The van der Waals surface area contributed by atoms with Crippen LogP contribution in [0.4, 0.5) is 5.69 Å². The molecular formula is C20H24N4O3. The number of aromatic nitrogens is 2. The van der Waals surface area contributed by atoms with Gasteiger partial charge in [0.05, 0.1) is 18.8 Å². The number of nitrogens with zero attached hydrogens (tertiary/aromatic N) is 2. The van der Waals surface area contributed by atoms with E-state index in [0.717, 1.165) is 35.7 Å². The molecule has 2 heterocycles. The van der Waals surface area contributed by atoms with Crippen molar-refractivity contribution in [3.63, 3.8) is 0 Å². The van der Waals surface area contributed by atoms with E-state index in [1.807, 2.05) is 31.2 Å². The minimum absolute atomic E-state index is 0.0173. The number of amides is 2. The first-order valence-corrected chi connectivity index (χ1v) is 9.32. The number of carbonyl (C=O) groups excluding carboxylic acids is 2. The summed E-state index contributed by atoms with van der Waals surface area (Å²) < 4.78 is 5.24. The third-order valence-corrected chi connectivity index (χ3v) is 5.37. The number of carbonyl (C=O) groups is 2. The zero-order valence-corrected chi connectivity index (χ0v) is 15.6. The van der Waals surface area contributed by atoms with E-state index >= 15 is 0 Å². The fourth-order valence-corrected chi connectivity index (χ4v) is 4.00. The highest BCUT2D eigenvalue weighted by Crippen LogP contribution is 2.27. The molecule has 7 heteroatoms. The summed E-state index contributed by atoms with van der Waals surface area (Å²) in [6, 6.07) is 7.26. The molecule has 2 N–H and O–H groups in total. The van der Waals surface area contributed by atoms with Crippen molar-refractivity contribution >= 4 is 17.5 Å². The molecule has 0 bridgehead atoms.